The normalized spacial score (nSPS) is 18.5. The molecule has 3 rings (SSSR count). The van der Waals surface area contributed by atoms with Crippen LogP contribution in [0.1, 0.15) is 31.2 Å². The summed E-state index contributed by atoms with van der Waals surface area (Å²) in [4.78, 5) is 10.7. The van der Waals surface area contributed by atoms with E-state index >= 15 is 0 Å². The minimum Gasteiger partial charge on any atom is -0.312 e. The second-order valence-corrected chi connectivity index (χ2v) is 6.92. The Hall–Kier alpha value is -0.940. The average molecular weight is 339 g/mol. The Balaban J connectivity index is 1.59. The van der Waals surface area contributed by atoms with Crippen molar-refractivity contribution in [2.45, 2.75) is 32.2 Å². The lowest BCUT2D eigenvalue weighted by Gasteiger charge is -2.16. The van der Waals surface area contributed by atoms with Gasteiger partial charge in [-0.1, -0.05) is 15.9 Å². The molecule has 4 nitrogen and oxygen atoms in total. The molecule has 0 unspecified atom stereocenters. The monoisotopic (exact) mass is 338 g/mol. The van der Waals surface area contributed by atoms with Crippen LogP contribution in [-0.2, 0) is 6.54 Å². The van der Waals surface area contributed by atoms with Crippen LogP contribution in [0.25, 0.3) is 0 Å². The Morgan fingerprint density at radius 1 is 1.30 bits per heavy atom. The molecule has 108 valence electrons. The van der Waals surface area contributed by atoms with E-state index in [4.69, 9.17) is 0 Å². The van der Waals surface area contributed by atoms with E-state index in [1.165, 1.54) is 25.7 Å². The number of nitro benzene ring substituents is 1. The summed E-state index contributed by atoms with van der Waals surface area (Å²) in [6.45, 7) is 1.57. The molecule has 0 spiro atoms. The van der Waals surface area contributed by atoms with Crippen LogP contribution >= 0.6 is 15.9 Å². The topological polar surface area (TPSA) is 55.2 Å². The van der Waals surface area contributed by atoms with Gasteiger partial charge in [0.1, 0.15) is 0 Å². The maximum Gasteiger partial charge on any atom is 0.273 e. The molecule has 0 aromatic heterocycles. The molecule has 2 saturated carbocycles. The first-order valence-corrected chi connectivity index (χ1v) is 8.08. The van der Waals surface area contributed by atoms with Gasteiger partial charge in [0.15, 0.2) is 0 Å². The van der Waals surface area contributed by atoms with Crippen LogP contribution in [0.5, 0.6) is 0 Å². The van der Waals surface area contributed by atoms with Crippen molar-refractivity contribution >= 4 is 21.6 Å². The van der Waals surface area contributed by atoms with Crippen molar-refractivity contribution in [1.82, 2.24) is 5.32 Å². The molecule has 20 heavy (non-hydrogen) atoms. The molecule has 5 heteroatoms. The molecule has 0 bridgehead atoms. The second kappa shape index (κ2) is 5.82. The highest BCUT2D eigenvalue weighted by molar-refractivity contribution is 9.10. The van der Waals surface area contributed by atoms with Crippen molar-refractivity contribution in [3.8, 4) is 0 Å². The van der Waals surface area contributed by atoms with Gasteiger partial charge in [0.05, 0.1) is 4.92 Å². The lowest BCUT2D eigenvalue weighted by atomic mass is 9.98. The van der Waals surface area contributed by atoms with Gasteiger partial charge in [0.25, 0.3) is 5.69 Å². The smallest absolute Gasteiger partial charge is 0.273 e. The van der Waals surface area contributed by atoms with Crippen LogP contribution in [-0.4, -0.2) is 11.5 Å². The summed E-state index contributed by atoms with van der Waals surface area (Å²) in [6, 6.07) is 5.13. The fourth-order valence-corrected chi connectivity index (χ4v) is 3.42. The average Bonchev–Trinajstić information content (AvgIpc) is 3.27. The van der Waals surface area contributed by atoms with Gasteiger partial charge in [-0.2, -0.15) is 0 Å². The molecule has 2 fully saturated rings. The third-order valence-corrected chi connectivity index (χ3v) is 4.88. The molecule has 0 saturated heterocycles. The molecule has 1 aromatic rings. The maximum absolute atomic E-state index is 11.0. The number of nitrogens with one attached hydrogen (secondary N) is 1. The summed E-state index contributed by atoms with van der Waals surface area (Å²) in [6.07, 6.45) is 5.50. The number of nitrogens with zero attached hydrogens (tertiary/aromatic N) is 1. The van der Waals surface area contributed by atoms with E-state index in [0.717, 1.165) is 34.3 Å². The second-order valence-electron chi connectivity index (χ2n) is 6.00. The molecule has 0 heterocycles. The molecule has 1 aromatic carbocycles. The molecule has 2 aliphatic carbocycles. The van der Waals surface area contributed by atoms with Crippen molar-refractivity contribution in [3.05, 3.63) is 38.3 Å². The Morgan fingerprint density at radius 3 is 2.50 bits per heavy atom. The zero-order valence-electron chi connectivity index (χ0n) is 11.3. The van der Waals surface area contributed by atoms with Gasteiger partial charge < -0.3 is 5.32 Å². The van der Waals surface area contributed by atoms with Crippen LogP contribution < -0.4 is 5.32 Å². The largest absolute Gasteiger partial charge is 0.312 e. The summed E-state index contributed by atoms with van der Waals surface area (Å²) in [5.41, 5.74) is 0.963. The minimum absolute atomic E-state index is 0.204. The summed E-state index contributed by atoms with van der Waals surface area (Å²) < 4.78 is 0.890. The first kappa shape index (κ1) is 14.0. The summed E-state index contributed by atoms with van der Waals surface area (Å²) in [5, 5.41) is 14.5. The molecule has 0 radical (unpaired) electrons. The Morgan fingerprint density at radius 2 is 1.95 bits per heavy atom. The summed E-state index contributed by atoms with van der Waals surface area (Å²) >= 11 is 3.38. The first-order valence-electron chi connectivity index (χ1n) is 7.28. The van der Waals surface area contributed by atoms with Gasteiger partial charge in [-0.05, 0) is 62.1 Å². The molecule has 0 amide bonds. The van der Waals surface area contributed by atoms with Crippen molar-refractivity contribution in [2.24, 2.45) is 17.8 Å². The van der Waals surface area contributed by atoms with Gasteiger partial charge in [0.2, 0.25) is 0 Å². The van der Waals surface area contributed by atoms with Crippen LogP contribution in [0.15, 0.2) is 22.7 Å². The van der Waals surface area contributed by atoms with E-state index in [2.05, 4.69) is 21.2 Å². The predicted molar refractivity (Wildman–Crippen MR) is 81.4 cm³/mol. The number of nitro groups is 1. The number of halogens is 1. The molecular formula is C15H19BrN2O2. The lowest BCUT2D eigenvalue weighted by molar-refractivity contribution is -0.385. The zero-order valence-corrected chi connectivity index (χ0v) is 12.9. The predicted octanol–water partition coefficient (Wildman–Crippen LogP) is 3.88. The van der Waals surface area contributed by atoms with Crippen LogP contribution in [0, 0.1) is 27.9 Å². The lowest BCUT2D eigenvalue weighted by Crippen LogP contribution is -2.25. The highest BCUT2D eigenvalue weighted by Gasteiger charge is 2.40. The van der Waals surface area contributed by atoms with Gasteiger partial charge in [-0.3, -0.25) is 10.1 Å². The number of hydrogen-bond donors (Lipinski definition) is 1. The fourth-order valence-electron chi connectivity index (χ4n) is 3.01. The van der Waals surface area contributed by atoms with E-state index < -0.39 is 0 Å². The third kappa shape index (κ3) is 3.38. The Bertz CT molecular complexity index is 501. The third-order valence-electron chi connectivity index (χ3n) is 4.39. The van der Waals surface area contributed by atoms with Crippen LogP contribution in [0.3, 0.4) is 0 Å². The standard InChI is InChI=1S/C15H19BrN2O2/c16-13-5-6-15(18(19)20)12(7-13)8-17-9-14(10-1-2-10)11-3-4-11/h5-7,10-11,14,17H,1-4,8-9H2. The zero-order chi connectivity index (χ0) is 14.1. The van der Waals surface area contributed by atoms with Crippen LogP contribution in [0.2, 0.25) is 0 Å². The number of benzene rings is 1. The highest BCUT2D eigenvalue weighted by atomic mass is 79.9. The van der Waals surface area contributed by atoms with Crippen molar-refractivity contribution in [2.75, 3.05) is 6.54 Å². The van der Waals surface area contributed by atoms with E-state index in [0.29, 0.717) is 6.54 Å². The van der Waals surface area contributed by atoms with E-state index in [9.17, 15) is 10.1 Å². The molecule has 1 N–H and O–H groups in total. The maximum atomic E-state index is 11.0. The van der Waals surface area contributed by atoms with Gasteiger partial charge in [-0.15, -0.1) is 0 Å². The molecule has 0 atom stereocenters. The minimum atomic E-state index is -0.303. The van der Waals surface area contributed by atoms with E-state index in [1.54, 1.807) is 12.1 Å². The first-order chi connectivity index (χ1) is 9.65. The summed E-state index contributed by atoms with van der Waals surface area (Å²) in [5.74, 6) is 2.61. The Kier molecular flexibility index (Phi) is 4.08. The Labute approximate surface area is 127 Å². The quantitative estimate of drug-likeness (QED) is 0.606. The van der Waals surface area contributed by atoms with E-state index in [-0.39, 0.29) is 10.6 Å². The highest BCUT2D eigenvalue weighted by Crippen LogP contribution is 2.48. The van der Waals surface area contributed by atoms with Crippen LogP contribution in [0.4, 0.5) is 5.69 Å². The van der Waals surface area contributed by atoms with Gasteiger partial charge in [0, 0.05) is 22.6 Å². The van der Waals surface area contributed by atoms with Crippen molar-refractivity contribution in [1.29, 1.82) is 0 Å². The van der Waals surface area contributed by atoms with Gasteiger partial charge >= 0.3 is 0 Å². The molecule has 0 aliphatic heterocycles. The fraction of sp³-hybridized carbons (Fsp3) is 0.600. The number of hydrogen-bond acceptors (Lipinski definition) is 3. The van der Waals surface area contributed by atoms with Crippen molar-refractivity contribution < 1.29 is 4.92 Å². The molecular weight excluding hydrogens is 320 g/mol. The van der Waals surface area contributed by atoms with E-state index in [1.807, 2.05) is 6.07 Å². The molecule has 2 aliphatic rings. The van der Waals surface area contributed by atoms with Gasteiger partial charge in [-0.25, -0.2) is 0 Å². The number of rotatable bonds is 7. The SMILES string of the molecule is O=[N+]([O-])c1ccc(Br)cc1CNCC(C1CC1)C1CC1. The van der Waals surface area contributed by atoms with Crippen molar-refractivity contribution in [3.63, 3.8) is 0 Å². The summed E-state index contributed by atoms with van der Waals surface area (Å²) in [7, 11) is 0.